The zero-order valence-electron chi connectivity index (χ0n) is 15.5. The Balaban J connectivity index is 0.00000576. The fourth-order valence-corrected chi connectivity index (χ4v) is 2.58. The number of benzene rings is 1. The van der Waals surface area contributed by atoms with Gasteiger partial charge in [-0.05, 0) is 49.0 Å². The summed E-state index contributed by atoms with van der Waals surface area (Å²) >= 11 is 1.89. The van der Waals surface area contributed by atoms with Crippen LogP contribution in [-0.2, 0) is 11.3 Å². The maximum Gasteiger partial charge on any atom is 0.190 e. The Bertz CT molecular complexity index is 458. The van der Waals surface area contributed by atoms with Crippen LogP contribution in [0.5, 0.6) is 5.75 Å². The molecule has 2 N–H and O–H groups in total. The molecule has 0 bridgehead atoms. The second kappa shape index (κ2) is 16.8. The number of hydrogen-bond acceptors (Lipinski definition) is 4. The number of rotatable bonds is 12. The molecule has 0 saturated heterocycles. The first-order valence-electron chi connectivity index (χ1n) is 8.44. The first-order chi connectivity index (χ1) is 11.8. The predicted molar refractivity (Wildman–Crippen MR) is 120 cm³/mol. The van der Waals surface area contributed by atoms with E-state index in [-0.39, 0.29) is 24.0 Å². The predicted octanol–water partition coefficient (Wildman–Crippen LogP) is 3.53. The van der Waals surface area contributed by atoms with E-state index in [1.807, 2.05) is 36.0 Å². The van der Waals surface area contributed by atoms with Gasteiger partial charge >= 0.3 is 0 Å². The van der Waals surface area contributed by atoms with Gasteiger partial charge in [-0.2, -0.15) is 11.8 Å². The van der Waals surface area contributed by atoms with Crippen LogP contribution in [0.4, 0.5) is 0 Å². The molecular formula is C18H32IN3O2S. The molecule has 1 aromatic carbocycles. The first kappa shape index (κ1) is 24.3. The number of halogens is 1. The van der Waals surface area contributed by atoms with Gasteiger partial charge < -0.3 is 20.1 Å². The summed E-state index contributed by atoms with van der Waals surface area (Å²) in [7, 11) is 3.48. The number of ether oxygens (including phenoxy) is 2. The molecule has 0 atom stereocenters. The van der Waals surface area contributed by atoms with Crippen LogP contribution in [0.3, 0.4) is 0 Å². The fourth-order valence-electron chi connectivity index (χ4n) is 2.09. The van der Waals surface area contributed by atoms with E-state index >= 15 is 0 Å². The van der Waals surface area contributed by atoms with E-state index in [1.54, 1.807) is 14.2 Å². The minimum atomic E-state index is 0. The van der Waals surface area contributed by atoms with E-state index in [0.29, 0.717) is 6.61 Å². The number of thioether (sulfide) groups is 1. The molecule has 0 amide bonds. The molecule has 25 heavy (non-hydrogen) atoms. The molecule has 0 unspecified atom stereocenters. The molecule has 0 aliphatic heterocycles. The van der Waals surface area contributed by atoms with Crippen molar-refractivity contribution < 1.29 is 9.47 Å². The molecule has 0 aliphatic carbocycles. The summed E-state index contributed by atoms with van der Waals surface area (Å²) in [6.07, 6.45) is 5.50. The van der Waals surface area contributed by atoms with Gasteiger partial charge in [-0.3, -0.25) is 4.99 Å². The van der Waals surface area contributed by atoms with E-state index in [9.17, 15) is 0 Å². The molecule has 144 valence electrons. The first-order valence-corrected chi connectivity index (χ1v) is 9.83. The summed E-state index contributed by atoms with van der Waals surface area (Å²) in [4.78, 5) is 4.22. The topological polar surface area (TPSA) is 54.9 Å². The lowest BCUT2D eigenvalue weighted by atomic mass is 10.2. The standard InChI is InChI=1S/C18H31N3O2S.HI/c1-19-18(20-11-4-5-14-24-3)21-12-6-13-23-15-16-7-9-17(22-2)10-8-16;/h7-10H,4-6,11-15H2,1-3H3,(H2,19,20,21);1H. The Hall–Kier alpha value is -0.670. The van der Waals surface area contributed by atoms with Gasteiger partial charge in [0.2, 0.25) is 0 Å². The van der Waals surface area contributed by atoms with Crippen molar-refractivity contribution >= 4 is 41.7 Å². The largest absolute Gasteiger partial charge is 0.497 e. The molecule has 0 fully saturated rings. The molecule has 0 radical (unpaired) electrons. The monoisotopic (exact) mass is 481 g/mol. The Labute approximate surface area is 173 Å². The number of guanidine groups is 1. The third kappa shape index (κ3) is 12.3. The summed E-state index contributed by atoms with van der Waals surface area (Å²) in [5.41, 5.74) is 1.16. The van der Waals surface area contributed by atoms with Gasteiger partial charge in [0.05, 0.1) is 13.7 Å². The smallest absolute Gasteiger partial charge is 0.190 e. The average Bonchev–Trinajstić information content (AvgIpc) is 2.63. The summed E-state index contributed by atoms with van der Waals surface area (Å²) in [6, 6.07) is 7.96. The van der Waals surface area contributed by atoms with E-state index in [2.05, 4.69) is 21.9 Å². The molecule has 0 spiro atoms. The van der Waals surface area contributed by atoms with Crippen molar-refractivity contribution in [3.63, 3.8) is 0 Å². The molecule has 0 aromatic heterocycles. The van der Waals surface area contributed by atoms with Gasteiger partial charge in [-0.1, -0.05) is 12.1 Å². The molecule has 1 rings (SSSR count). The minimum Gasteiger partial charge on any atom is -0.497 e. The van der Waals surface area contributed by atoms with Gasteiger partial charge in [-0.25, -0.2) is 0 Å². The maximum absolute atomic E-state index is 5.69. The number of hydrogen-bond donors (Lipinski definition) is 2. The number of methoxy groups -OCH3 is 1. The van der Waals surface area contributed by atoms with Gasteiger partial charge in [0.1, 0.15) is 5.75 Å². The quantitative estimate of drug-likeness (QED) is 0.207. The van der Waals surface area contributed by atoms with Crippen LogP contribution >= 0.6 is 35.7 Å². The number of aliphatic imine (C=N–C) groups is 1. The SMILES string of the molecule is CN=C(NCCCCSC)NCCCOCc1ccc(OC)cc1.I. The second-order valence-corrected chi connectivity index (χ2v) is 6.37. The van der Waals surface area contributed by atoms with Crippen LogP contribution in [0.15, 0.2) is 29.3 Å². The highest BCUT2D eigenvalue weighted by Gasteiger charge is 1.98. The summed E-state index contributed by atoms with van der Waals surface area (Å²) in [5, 5.41) is 6.64. The van der Waals surface area contributed by atoms with Crippen molar-refractivity contribution in [1.82, 2.24) is 10.6 Å². The summed E-state index contributed by atoms with van der Waals surface area (Å²) in [5.74, 6) is 2.96. The van der Waals surface area contributed by atoms with E-state index < -0.39 is 0 Å². The van der Waals surface area contributed by atoms with Crippen molar-refractivity contribution in [1.29, 1.82) is 0 Å². The van der Waals surface area contributed by atoms with Gasteiger partial charge in [0.15, 0.2) is 5.96 Å². The van der Waals surface area contributed by atoms with Gasteiger partial charge in [-0.15, -0.1) is 24.0 Å². The molecule has 0 aliphatic rings. The van der Waals surface area contributed by atoms with Crippen molar-refractivity contribution in [3.8, 4) is 5.75 Å². The zero-order valence-corrected chi connectivity index (χ0v) is 18.7. The zero-order chi connectivity index (χ0) is 17.5. The van der Waals surface area contributed by atoms with E-state index in [1.165, 1.54) is 18.6 Å². The Kier molecular flexibility index (Phi) is 16.3. The van der Waals surface area contributed by atoms with Crippen LogP contribution in [0.1, 0.15) is 24.8 Å². The van der Waals surface area contributed by atoms with Crippen molar-refractivity contribution in [2.24, 2.45) is 4.99 Å². The number of unbranched alkanes of at least 4 members (excludes halogenated alkanes) is 1. The van der Waals surface area contributed by atoms with Crippen molar-refractivity contribution in [2.75, 3.05) is 45.9 Å². The van der Waals surface area contributed by atoms with Gasteiger partial charge in [0.25, 0.3) is 0 Å². The Morgan fingerprint density at radius 2 is 1.76 bits per heavy atom. The van der Waals surface area contributed by atoms with Crippen LogP contribution in [0.2, 0.25) is 0 Å². The summed E-state index contributed by atoms with van der Waals surface area (Å²) in [6.45, 7) is 3.18. The van der Waals surface area contributed by atoms with E-state index in [4.69, 9.17) is 9.47 Å². The van der Waals surface area contributed by atoms with Crippen LogP contribution < -0.4 is 15.4 Å². The van der Waals surface area contributed by atoms with Crippen LogP contribution in [0, 0.1) is 0 Å². The second-order valence-electron chi connectivity index (χ2n) is 5.38. The normalized spacial score (nSPS) is 10.9. The van der Waals surface area contributed by atoms with Crippen molar-refractivity contribution in [2.45, 2.75) is 25.9 Å². The lowest BCUT2D eigenvalue weighted by Gasteiger charge is -2.12. The molecular weight excluding hydrogens is 449 g/mol. The summed E-state index contributed by atoms with van der Waals surface area (Å²) < 4.78 is 10.8. The fraction of sp³-hybridized carbons (Fsp3) is 0.611. The lowest BCUT2D eigenvalue weighted by molar-refractivity contribution is 0.119. The van der Waals surface area contributed by atoms with Crippen LogP contribution in [-0.4, -0.2) is 51.8 Å². The number of nitrogens with one attached hydrogen (secondary N) is 2. The maximum atomic E-state index is 5.69. The third-order valence-electron chi connectivity index (χ3n) is 3.48. The Morgan fingerprint density at radius 3 is 2.36 bits per heavy atom. The number of nitrogens with zero attached hydrogens (tertiary/aromatic N) is 1. The highest BCUT2D eigenvalue weighted by atomic mass is 127. The molecule has 0 saturated carbocycles. The van der Waals surface area contributed by atoms with E-state index in [0.717, 1.165) is 43.4 Å². The molecule has 0 heterocycles. The highest BCUT2D eigenvalue weighted by Crippen LogP contribution is 2.11. The third-order valence-corrected chi connectivity index (χ3v) is 4.17. The molecule has 7 heteroatoms. The highest BCUT2D eigenvalue weighted by molar-refractivity contribution is 14.0. The van der Waals surface area contributed by atoms with Crippen molar-refractivity contribution in [3.05, 3.63) is 29.8 Å². The Morgan fingerprint density at radius 1 is 1.08 bits per heavy atom. The average molecular weight is 481 g/mol. The van der Waals surface area contributed by atoms with Crippen LogP contribution in [0.25, 0.3) is 0 Å². The van der Waals surface area contributed by atoms with Gasteiger partial charge in [0, 0.05) is 26.7 Å². The lowest BCUT2D eigenvalue weighted by Crippen LogP contribution is -2.38. The minimum absolute atomic E-state index is 0. The molecule has 5 nitrogen and oxygen atoms in total. The molecule has 1 aromatic rings.